The molecule has 0 amide bonds. The highest BCUT2D eigenvalue weighted by Gasteiger charge is 2.06. The van der Waals surface area contributed by atoms with Gasteiger partial charge in [-0.25, -0.2) is 0 Å². The van der Waals surface area contributed by atoms with E-state index in [0.717, 1.165) is 13.0 Å². The van der Waals surface area contributed by atoms with Gasteiger partial charge in [0.25, 0.3) is 0 Å². The molecule has 1 heterocycles. The van der Waals surface area contributed by atoms with Gasteiger partial charge in [-0.1, -0.05) is 6.92 Å². The third-order valence-electron chi connectivity index (χ3n) is 2.77. The summed E-state index contributed by atoms with van der Waals surface area (Å²) in [6.45, 7) is 7.66. The average Bonchev–Trinajstić information content (AvgIpc) is 2.86. The van der Waals surface area contributed by atoms with Gasteiger partial charge in [0.15, 0.2) is 0 Å². The van der Waals surface area contributed by atoms with Crippen LogP contribution in [-0.2, 0) is 22.4 Å². The van der Waals surface area contributed by atoms with Crippen molar-refractivity contribution < 1.29 is 14.6 Å². The molecule has 5 heteroatoms. The molecular formula is C14H25NO3S. The molecule has 0 spiro atoms. The van der Waals surface area contributed by atoms with Crippen LogP contribution in [0.5, 0.6) is 0 Å². The number of hydrogen-bond acceptors (Lipinski definition) is 5. The number of hydrogen-bond donors (Lipinski definition) is 2. The van der Waals surface area contributed by atoms with Crippen molar-refractivity contribution in [2.75, 3.05) is 33.0 Å². The molecule has 0 radical (unpaired) electrons. The van der Waals surface area contributed by atoms with Crippen LogP contribution in [-0.4, -0.2) is 44.2 Å². The SMILES string of the molecule is CCOCCOCC(O)CNCc1sccc1CC. The second kappa shape index (κ2) is 10.3. The lowest BCUT2D eigenvalue weighted by molar-refractivity contribution is 0.00644. The van der Waals surface area contributed by atoms with Gasteiger partial charge in [0.1, 0.15) is 0 Å². The Hall–Kier alpha value is -0.460. The molecule has 4 nitrogen and oxygen atoms in total. The maximum atomic E-state index is 9.74. The third-order valence-corrected chi connectivity index (χ3v) is 3.73. The van der Waals surface area contributed by atoms with Crippen molar-refractivity contribution >= 4 is 11.3 Å². The molecule has 0 aromatic carbocycles. The van der Waals surface area contributed by atoms with Crippen molar-refractivity contribution in [2.45, 2.75) is 32.9 Å². The molecule has 0 bridgehead atoms. The van der Waals surface area contributed by atoms with E-state index in [4.69, 9.17) is 9.47 Å². The van der Waals surface area contributed by atoms with Crippen molar-refractivity contribution in [1.29, 1.82) is 0 Å². The van der Waals surface area contributed by atoms with Gasteiger partial charge in [-0.05, 0) is 30.4 Å². The van der Waals surface area contributed by atoms with E-state index < -0.39 is 6.10 Å². The summed E-state index contributed by atoms with van der Waals surface area (Å²) >= 11 is 1.76. The van der Waals surface area contributed by atoms with Crippen molar-refractivity contribution in [3.05, 3.63) is 21.9 Å². The zero-order valence-electron chi connectivity index (χ0n) is 11.9. The normalized spacial score (nSPS) is 12.8. The quantitative estimate of drug-likeness (QED) is 0.610. The molecule has 110 valence electrons. The summed E-state index contributed by atoms with van der Waals surface area (Å²) in [4.78, 5) is 1.35. The van der Waals surface area contributed by atoms with E-state index in [0.29, 0.717) is 33.0 Å². The van der Waals surface area contributed by atoms with E-state index in [2.05, 4.69) is 23.7 Å². The first kappa shape index (κ1) is 16.6. The van der Waals surface area contributed by atoms with Crippen LogP contribution in [0.25, 0.3) is 0 Å². The van der Waals surface area contributed by atoms with Crippen molar-refractivity contribution in [2.24, 2.45) is 0 Å². The molecule has 0 fully saturated rings. The minimum Gasteiger partial charge on any atom is -0.389 e. The van der Waals surface area contributed by atoms with Crippen LogP contribution in [0, 0.1) is 0 Å². The summed E-state index contributed by atoms with van der Waals surface area (Å²) in [5, 5.41) is 15.1. The van der Waals surface area contributed by atoms with Gasteiger partial charge in [-0.2, -0.15) is 0 Å². The summed E-state index contributed by atoms with van der Waals surface area (Å²) < 4.78 is 10.5. The summed E-state index contributed by atoms with van der Waals surface area (Å²) in [7, 11) is 0. The highest BCUT2D eigenvalue weighted by molar-refractivity contribution is 7.10. The second-order valence-electron chi connectivity index (χ2n) is 4.28. The number of aliphatic hydroxyl groups is 1. The van der Waals surface area contributed by atoms with Crippen LogP contribution in [0.2, 0.25) is 0 Å². The van der Waals surface area contributed by atoms with Gasteiger partial charge in [-0.15, -0.1) is 11.3 Å². The van der Waals surface area contributed by atoms with Crippen LogP contribution in [0.15, 0.2) is 11.4 Å². The standard InChI is InChI=1S/C14H25NO3S/c1-3-12-5-8-19-14(12)10-15-9-13(16)11-18-7-6-17-4-2/h5,8,13,15-16H,3-4,6-7,9-11H2,1-2H3. The topological polar surface area (TPSA) is 50.7 Å². The predicted octanol–water partition coefficient (Wildman–Crippen LogP) is 1.81. The Bertz CT molecular complexity index is 330. The van der Waals surface area contributed by atoms with Crippen molar-refractivity contribution in [1.82, 2.24) is 5.32 Å². The Morgan fingerprint density at radius 2 is 2.11 bits per heavy atom. The van der Waals surface area contributed by atoms with Gasteiger partial charge in [-0.3, -0.25) is 0 Å². The van der Waals surface area contributed by atoms with E-state index in [1.807, 2.05) is 6.92 Å². The first-order valence-electron chi connectivity index (χ1n) is 6.87. The number of ether oxygens (including phenoxy) is 2. The molecule has 1 aromatic heterocycles. The minimum atomic E-state index is -0.466. The highest BCUT2D eigenvalue weighted by atomic mass is 32.1. The number of nitrogens with one attached hydrogen (secondary N) is 1. The molecule has 0 aliphatic rings. The molecule has 0 saturated carbocycles. The molecule has 2 N–H and O–H groups in total. The smallest absolute Gasteiger partial charge is 0.0897 e. The maximum absolute atomic E-state index is 9.74. The second-order valence-corrected chi connectivity index (χ2v) is 5.28. The largest absolute Gasteiger partial charge is 0.389 e. The van der Waals surface area contributed by atoms with Crippen LogP contribution >= 0.6 is 11.3 Å². The Morgan fingerprint density at radius 3 is 2.84 bits per heavy atom. The molecule has 1 aromatic rings. The molecule has 19 heavy (non-hydrogen) atoms. The van der Waals surface area contributed by atoms with Crippen molar-refractivity contribution in [3.8, 4) is 0 Å². The fraction of sp³-hybridized carbons (Fsp3) is 0.714. The van der Waals surface area contributed by atoms with E-state index >= 15 is 0 Å². The summed E-state index contributed by atoms with van der Waals surface area (Å²) in [5.74, 6) is 0. The molecule has 1 atom stereocenters. The van der Waals surface area contributed by atoms with E-state index in [1.165, 1.54) is 10.4 Å². The third kappa shape index (κ3) is 7.03. The number of aliphatic hydroxyl groups excluding tert-OH is 1. The number of rotatable bonds is 11. The van der Waals surface area contributed by atoms with Crippen LogP contribution in [0.3, 0.4) is 0 Å². The van der Waals surface area contributed by atoms with Crippen LogP contribution in [0.1, 0.15) is 24.3 Å². The lowest BCUT2D eigenvalue weighted by Gasteiger charge is -2.12. The lowest BCUT2D eigenvalue weighted by Crippen LogP contribution is -2.30. The Kier molecular flexibility index (Phi) is 9.03. The zero-order valence-corrected chi connectivity index (χ0v) is 12.7. The Balaban J connectivity index is 2.05. The first-order chi connectivity index (χ1) is 9.27. The van der Waals surface area contributed by atoms with Gasteiger partial charge in [0.2, 0.25) is 0 Å². The average molecular weight is 287 g/mol. The first-order valence-corrected chi connectivity index (χ1v) is 7.75. The van der Waals surface area contributed by atoms with Gasteiger partial charge in [0.05, 0.1) is 25.9 Å². The number of aryl methyl sites for hydroxylation is 1. The molecule has 0 saturated heterocycles. The molecular weight excluding hydrogens is 262 g/mol. The minimum absolute atomic E-state index is 0.352. The van der Waals surface area contributed by atoms with Crippen LogP contribution in [0.4, 0.5) is 0 Å². The highest BCUT2D eigenvalue weighted by Crippen LogP contribution is 2.16. The molecule has 1 rings (SSSR count). The zero-order chi connectivity index (χ0) is 13.9. The monoisotopic (exact) mass is 287 g/mol. The number of thiophene rings is 1. The lowest BCUT2D eigenvalue weighted by atomic mass is 10.2. The van der Waals surface area contributed by atoms with Crippen molar-refractivity contribution in [3.63, 3.8) is 0 Å². The van der Waals surface area contributed by atoms with Gasteiger partial charge < -0.3 is 19.9 Å². The molecule has 1 unspecified atom stereocenters. The van der Waals surface area contributed by atoms with Gasteiger partial charge >= 0.3 is 0 Å². The maximum Gasteiger partial charge on any atom is 0.0897 e. The van der Waals surface area contributed by atoms with Crippen LogP contribution < -0.4 is 5.32 Å². The predicted molar refractivity (Wildman–Crippen MR) is 78.7 cm³/mol. The van der Waals surface area contributed by atoms with Gasteiger partial charge in [0, 0.05) is 24.6 Å². The fourth-order valence-electron chi connectivity index (χ4n) is 1.73. The molecule has 0 aliphatic carbocycles. The Labute approximate surface area is 119 Å². The Morgan fingerprint density at radius 1 is 1.32 bits per heavy atom. The summed E-state index contributed by atoms with van der Waals surface area (Å²) in [6.07, 6.45) is 0.593. The fourth-order valence-corrected chi connectivity index (χ4v) is 2.68. The van der Waals surface area contributed by atoms with E-state index in [-0.39, 0.29) is 0 Å². The molecule has 0 aliphatic heterocycles. The van der Waals surface area contributed by atoms with E-state index in [9.17, 15) is 5.11 Å². The summed E-state index contributed by atoms with van der Waals surface area (Å²) in [6, 6.07) is 2.16. The summed E-state index contributed by atoms with van der Waals surface area (Å²) in [5.41, 5.74) is 1.39. The van der Waals surface area contributed by atoms with E-state index in [1.54, 1.807) is 11.3 Å².